The summed E-state index contributed by atoms with van der Waals surface area (Å²) in [6.07, 6.45) is 7.80. The van der Waals surface area contributed by atoms with E-state index in [1.54, 1.807) is 12.1 Å². The van der Waals surface area contributed by atoms with Crippen LogP contribution in [0, 0.1) is 23.7 Å². The van der Waals surface area contributed by atoms with Crippen LogP contribution in [0.2, 0.25) is 0 Å². The lowest BCUT2D eigenvalue weighted by Gasteiger charge is -2.25. The van der Waals surface area contributed by atoms with E-state index in [2.05, 4.69) is 13.8 Å². The molecule has 160 valence electrons. The van der Waals surface area contributed by atoms with Gasteiger partial charge in [0, 0.05) is 0 Å². The maximum absolute atomic E-state index is 12.8. The van der Waals surface area contributed by atoms with Crippen molar-refractivity contribution in [2.45, 2.75) is 65.2 Å². The zero-order valence-electron chi connectivity index (χ0n) is 18.1. The molecule has 30 heavy (non-hydrogen) atoms. The quantitative estimate of drug-likeness (QED) is 0.440. The Bertz CT molecular complexity index is 832. The lowest BCUT2D eigenvalue weighted by molar-refractivity contribution is -0.140. The Morgan fingerprint density at radius 1 is 0.667 bits per heavy atom. The molecular weight excluding hydrogens is 376 g/mol. The lowest BCUT2D eigenvalue weighted by atomic mass is 9.83. The second kappa shape index (κ2) is 9.20. The Labute approximate surface area is 178 Å². The molecule has 0 aliphatic heterocycles. The fraction of sp³-hybridized carbons (Fsp3) is 0.538. The predicted molar refractivity (Wildman–Crippen MR) is 117 cm³/mol. The molecule has 0 amide bonds. The minimum absolute atomic E-state index is 0.0459. The molecule has 2 aliphatic carbocycles. The number of ether oxygens (including phenoxy) is 2. The third-order valence-electron chi connectivity index (χ3n) is 6.95. The van der Waals surface area contributed by atoms with Crippen molar-refractivity contribution in [1.29, 1.82) is 0 Å². The number of carbonyl (C=O) groups excluding carboxylic acids is 2. The Balaban J connectivity index is 1.54. The van der Waals surface area contributed by atoms with Crippen LogP contribution in [0.15, 0.2) is 36.4 Å². The van der Waals surface area contributed by atoms with Crippen LogP contribution in [0.4, 0.5) is 0 Å². The van der Waals surface area contributed by atoms with Gasteiger partial charge in [-0.15, -0.1) is 0 Å². The first-order chi connectivity index (χ1) is 14.5. The SMILES string of the molecule is CC1CCC(C(=O)Oc2cccc3cccc(OC(=O)C4CCC(C)CC4)c23)CC1. The van der Waals surface area contributed by atoms with Gasteiger partial charge in [0.25, 0.3) is 0 Å². The van der Waals surface area contributed by atoms with Crippen molar-refractivity contribution in [3.05, 3.63) is 36.4 Å². The summed E-state index contributed by atoms with van der Waals surface area (Å²) in [5, 5.41) is 1.61. The van der Waals surface area contributed by atoms with Gasteiger partial charge >= 0.3 is 11.9 Å². The van der Waals surface area contributed by atoms with Crippen molar-refractivity contribution in [3.8, 4) is 11.5 Å². The highest BCUT2D eigenvalue weighted by Gasteiger charge is 2.28. The van der Waals surface area contributed by atoms with Crippen molar-refractivity contribution in [1.82, 2.24) is 0 Å². The minimum Gasteiger partial charge on any atom is -0.426 e. The second-order valence-corrected chi connectivity index (χ2v) is 9.37. The molecule has 0 radical (unpaired) electrons. The number of rotatable bonds is 4. The van der Waals surface area contributed by atoms with Crippen LogP contribution in [0.25, 0.3) is 10.8 Å². The third-order valence-corrected chi connectivity index (χ3v) is 6.95. The van der Waals surface area contributed by atoms with Gasteiger partial charge in [0.15, 0.2) is 0 Å². The van der Waals surface area contributed by atoms with Crippen LogP contribution in [0.1, 0.15) is 65.2 Å². The second-order valence-electron chi connectivity index (χ2n) is 9.37. The summed E-state index contributed by atoms with van der Waals surface area (Å²) in [4.78, 5) is 25.6. The molecule has 0 unspecified atom stereocenters. The normalized spacial score (nSPS) is 26.9. The maximum Gasteiger partial charge on any atom is 0.314 e. The van der Waals surface area contributed by atoms with Crippen molar-refractivity contribution in [2.75, 3.05) is 0 Å². The topological polar surface area (TPSA) is 52.6 Å². The summed E-state index contributed by atoms with van der Waals surface area (Å²) in [6, 6.07) is 11.3. The molecule has 2 aromatic carbocycles. The highest BCUT2D eigenvalue weighted by atomic mass is 16.5. The predicted octanol–water partition coefficient (Wildman–Crippen LogP) is 6.30. The molecule has 0 aromatic heterocycles. The molecule has 4 heteroatoms. The van der Waals surface area contributed by atoms with E-state index in [0.29, 0.717) is 28.7 Å². The zero-order valence-corrected chi connectivity index (χ0v) is 18.1. The molecule has 0 N–H and O–H groups in total. The number of esters is 2. The third kappa shape index (κ3) is 4.69. The molecule has 0 atom stereocenters. The molecule has 0 bridgehead atoms. The fourth-order valence-electron chi connectivity index (χ4n) is 4.82. The van der Waals surface area contributed by atoms with Gasteiger partial charge in [-0.2, -0.15) is 0 Å². The Morgan fingerprint density at radius 3 is 1.47 bits per heavy atom. The highest BCUT2D eigenvalue weighted by molar-refractivity contribution is 5.97. The van der Waals surface area contributed by atoms with Gasteiger partial charge in [0.05, 0.1) is 17.2 Å². The van der Waals surface area contributed by atoms with Gasteiger partial charge in [0.2, 0.25) is 0 Å². The van der Waals surface area contributed by atoms with Gasteiger partial charge in [-0.25, -0.2) is 0 Å². The van der Waals surface area contributed by atoms with Gasteiger partial charge in [-0.1, -0.05) is 38.1 Å². The average Bonchev–Trinajstić information content (AvgIpc) is 2.75. The molecule has 2 fully saturated rings. The molecule has 0 saturated heterocycles. The van der Waals surface area contributed by atoms with E-state index in [1.165, 1.54) is 0 Å². The maximum atomic E-state index is 12.8. The van der Waals surface area contributed by atoms with E-state index in [4.69, 9.17) is 9.47 Å². The minimum atomic E-state index is -0.170. The monoisotopic (exact) mass is 408 g/mol. The van der Waals surface area contributed by atoms with Crippen molar-refractivity contribution in [3.63, 3.8) is 0 Å². The molecule has 4 nitrogen and oxygen atoms in total. The average molecular weight is 409 g/mol. The van der Waals surface area contributed by atoms with Crippen LogP contribution >= 0.6 is 0 Å². The number of carbonyl (C=O) groups is 2. The van der Waals surface area contributed by atoms with E-state index in [9.17, 15) is 9.59 Å². The van der Waals surface area contributed by atoms with E-state index in [0.717, 1.165) is 56.8 Å². The van der Waals surface area contributed by atoms with Crippen molar-refractivity contribution < 1.29 is 19.1 Å². The molecular formula is C26H32O4. The summed E-state index contributed by atoms with van der Waals surface area (Å²) in [5.74, 6) is 1.90. The van der Waals surface area contributed by atoms with Crippen LogP contribution in [0.5, 0.6) is 11.5 Å². The van der Waals surface area contributed by atoms with Crippen molar-refractivity contribution >= 4 is 22.7 Å². The summed E-state index contributed by atoms with van der Waals surface area (Å²) < 4.78 is 11.7. The first-order valence-corrected chi connectivity index (χ1v) is 11.5. The highest BCUT2D eigenvalue weighted by Crippen LogP contribution is 2.37. The summed E-state index contributed by atoms with van der Waals surface area (Å²) in [5.41, 5.74) is 0. The van der Waals surface area contributed by atoms with E-state index < -0.39 is 0 Å². The van der Waals surface area contributed by atoms with Gasteiger partial charge in [0.1, 0.15) is 11.5 Å². The lowest BCUT2D eigenvalue weighted by Crippen LogP contribution is -2.25. The Kier molecular flexibility index (Phi) is 6.40. The number of hydrogen-bond acceptors (Lipinski definition) is 4. The largest absolute Gasteiger partial charge is 0.426 e. The Hall–Kier alpha value is -2.36. The van der Waals surface area contributed by atoms with E-state index in [-0.39, 0.29) is 23.8 Å². The zero-order chi connectivity index (χ0) is 21.1. The fourth-order valence-corrected chi connectivity index (χ4v) is 4.82. The van der Waals surface area contributed by atoms with Gasteiger partial charge in [-0.3, -0.25) is 9.59 Å². The molecule has 0 heterocycles. The molecule has 2 saturated carbocycles. The first kappa shape index (κ1) is 20.9. The van der Waals surface area contributed by atoms with Gasteiger partial charge < -0.3 is 9.47 Å². The smallest absolute Gasteiger partial charge is 0.314 e. The summed E-state index contributed by atoms with van der Waals surface area (Å²) in [6.45, 7) is 4.47. The number of benzene rings is 2. The molecule has 4 rings (SSSR count). The van der Waals surface area contributed by atoms with E-state index >= 15 is 0 Å². The van der Waals surface area contributed by atoms with E-state index in [1.807, 2.05) is 24.3 Å². The molecule has 0 spiro atoms. The number of hydrogen-bond donors (Lipinski definition) is 0. The van der Waals surface area contributed by atoms with Crippen LogP contribution < -0.4 is 9.47 Å². The standard InChI is InChI=1S/C26H32O4/c1-17-9-13-20(14-10-17)25(27)29-22-7-3-5-19-6-4-8-23(24(19)22)30-26(28)21-15-11-18(2)12-16-21/h3-8,17-18,20-21H,9-16H2,1-2H3. The van der Waals surface area contributed by atoms with Crippen LogP contribution in [-0.4, -0.2) is 11.9 Å². The summed E-state index contributed by atoms with van der Waals surface area (Å²) >= 11 is 0. The first-order valence-electron chi connectivity index (χ1n) is 11.5. The summed E-state index contributed by atoms with van der Waals surface area (Å²) in [7, 11) is 0. The Morgan fingerprint density at radius 2 is 1.07 bits per heavy atom. The molecule has 2 aliphatic rings. The molecule has 2 aromatic rings. The van der Waals surface area contributed by atoms with Crippen LogP contribution in [-0.2, 0) is 9.59 Å². The van der Waals surface area contributed by atoms with Crippen LogP contribution in [0.3, 0.4) is 0 Å². The number of fused-ring (bicyclic) bond motifs is 1. The van der Waals surface area contributed by atoms with Crippen molar-refractivity contribution in [2.24, 2.45) is 23.7 Å². The van der Waals surface area contributed by atoms with Gasteiger partial charge in [-0.05, 0) is 80.7 Å².